The number of phenolic OH excluding ortho intramolecular Hbond substituents is 1. The first-order valence-corrected chi connectivity index (χ1v) is 8.88. The predicted octanol–water partition coefficient (Wildman–Crippen LogP) is 4.06. The monoisotopic (exact) mass is 381 g/mol. The maximum Gasteiger partial charge on any atom is 0.297 e. The number of hydrogen-bond donors (Lipinski definition) is 3. The molecule has 146 valence electrons. The zero-order valence-electron chi connectivity index (χ0n) is 15.7. The average Bonchev–Trinajstić information content (AvgIpc) is 2.68. The van der Waals surface area contributed by atoms with Gasteiger partial charge in [0.2, 0.25) is 0 Å². The number of carbonyl (C=O) groups excluding carboxylic acids is 1. The number of hydrogen-bond acceptors (Lipinski definition) is 5. The van der Waals surface area contributed by atoms with Crippen LogP contribution in [0.15, 0.2) is 71.7 Å². The van der Waals surface area contributed by atoms with Crippen LogP contribution in [-0.4, -0.2) is 25.9 Å². The summed E-state index contributed by atoms with van der Waals surface area (Å²) < 4.78 is 0.258. The Morgan fingerprint density at radius 2 is 1.75 bits per heavy atom. The molecule has 0 saturated carbocycles. The molecule has 6 heteroatoms. The predicted molar refractivity (Wildman–Crippen MR) is 108 cm³/mol. The number of ketones is 1. The number of nitrogens with zero attached hydrogens (tertiary/aromatic N) is 1. The van der Waals surface area contributed by atoms with Gasteiger partial charge in [-0.05, 0) is 29.7 Å². The smallest absolute Gasteiger partial charge is 0.297 e. The molecule has 1 aromatic carbocycles. The van der Waals surface area contributed by atoms with Crippen molar-refractivity contribution in [1.29, 1.82) is 0 Å². The van der Waals surface area contributed by atoms with Gasteiger partial charge in [-0.15, -0.1) is 0 Å². The minimum absolute atomic E-state index is 0.0222. The van der Waals surface area contributed by atoms with Gasteiger partial charge in [0.25, 0.3) is 5.56 Å². The van der Waals surface area contributed by atoms with Crippen molar-refractivity contribution >= 4 is 5.78 Å². The number of aromatic nitrogens is 1. The highest BCUT2D eigenvalue weighted by Gasteiger charge is 2.20. The van der Waals surface area contributed by atoms with E-state index in [4.69, 9.17) is 0 Å². The van der Waals surface area contributed by atoms with Crippen LogP contribution in [0.25, 0.3) is 11.1 Å². The van der Waals surface area contributed by atoms with Crippen LogP contribution in [0.4, 0.5) is 0 Å². The molecule has 2 aromatic rings. The van der Waals surface area contributed by atoms with Gasteiger partial charge >= 0.3 is 0 Å². The number of carbonyl (C=O) groups is 1. The first-order valence-electron chi connectivity index (χ1n) is 8.88. The number of benzene rings is 1. The molecule has 0 spiro atoms. The van der Waals surface area contributed by atoms with E-state index in [0.29, 0.717) is 11.5 Å². The van der Waals surface area contributed by atoms with Gasteiger partial charge in [0.05, 0.1) is 6.20 Å². The third-order valence-corrected chi connectivity index (χ3v) is 4.25. The summed E-state index contributed by atoms with van der Waals surface area (Å²) in [4.78, 5) is 24.5. The summed E-state index contributed by atoms with van der Waals surface area (Å²) in [6, 6.07) is 5.76. The lowest BCUT2D eigenvalue weighted by Gasteiger charge is -2.10. The zero-order valence-corrected chi connectivity index (χ0v) is 15.7. The molecule has 0 aliphatic heterocycles. The molecule has 2 rings (SSSR count). The summed E-state index contributed by atoms with van der Waals surface area (Å²) >= 11 is 0. The van der Waals surface area contributed by atoms with E-state index in [1.165, 1.54) is 30.3 Å². The standard InChI is InChI=1S/C22H23NO5/c1-3-15(2)8-6-4-5-7-9-19(25)20-21(26)18(14-23(28)22(20)27)16-10-12-17(24)13-11-16/h4-15,24,26,28H,3H2,1-2H3/b5-4+,8-6+,9-7+. The van der Waals surface area contributed by atoms with Crippen LogP contribution in [0.5, 0.6) is 11.5 Å². The van der Waals surface area contributed by atoms with Crippen LogP contribution in [-0.2, 0) is 0 Å². The van der Waals surface area contributed by atoms with Crippen LogP contribution in [0, 0.1) is 5.92 Å². The highest BCUT2D eigenvalue weighted by molar-refractivity contribution is 6.07. The van der Waals surface area contributed by atoms with E-state index in [9.17, 15) is 25.0 Å². The van der Waals surface area contributed by atoms with Crippen LogP contribution < -0.4 is 5.56 Å². The average molecular weight is 381 g/mol. The molecule has 0 amide bonds. The van der Waals surface area contributed by atoms with Gasteiger partial charge in [-0.3, -0.25) is 9.59 Å². The van der Waals surface area contributed by atoms with E-state index in [1.807, 2.05) is 12.2 Å². The van der Waals surface area contributed by atoms with E-state index in [0.717, 1.165) is 18.7 Å². The molecule has 3 N–H and O–H groups in total. The minimum Gasteiger partial charge on any atom is -0.508 e. The van der Waals surface area contributed by atoms with Gasteiger partial charge in [-0.25, -0.2) is 0 Å². The van der Waals surface area contributed by atoms with Crippen LogP contribution in [0.1, 0.15) is 30.6 Å². The molecule has 1 unspecified atom stereocenters. The maximum atomic E-state index is 12.4. The van der Waals surface area contributed by atoms with Crippen LogP contribution in [0.2, 0.25) is 0 Å². The number of aromatic hydroxyl groups is 2. The highest BCUT2D eigenvalue weighted by atomic mass is 16.5. The second-order valence-electron chi connectivity index (χ2n) is 6.34. The number of allylic oxidation sites excluding steroid dienone is 6. The Bertz CT molecular complexity index is 981. The van der Waals surface area contributed by atoms with Crippen molar-refractivity contribution in [2.24, 2.45) is 5.92 Å². The van der Waals surface area contributed by atoms with Crippen molar-refractivity contribution < 1.29 is 20.2 Å². The van der Waals surface area contributed by atoms with Crippen molar-refractivity contribution in [3.8, 4) is 22.6 Å². The molecule has 6 nitrogen and oxygen atoms in total. The Kier molecular flexibility index (Phi) is 6.98. The van der Waals surface area contributed by atoms with E-state index >= 15 is 0 Å². The number of phenols is 1. The van der Waals surface area contributed by atoms with Gasteiger partial charge in [0.15, 0.2) is 5.78 Å². The molecule has 0 bridgehead atoms. The molecule has 1 aromatic heterocycles. The van der Waals surface area contributed by atoms with Crippen molar-refractivity contribution in [3.05, 3.63) is 82.8 Å². The molecule has 0 radical (unpaired) electrons. The summed E-state index contributed by atoms with van der Waals surface area (Å²) in [5.41, 5.74) is -1.04. The fourth-order valence-corrected chi connectivity index (χ4v) is 2.41. The van der Waals surface area contributed by atoms with Crippen molar-refractivity contribution in [3.63, 3.8) is 0 Å². The normalized spacial score (nSPS) is 12.9. The second kappa shape index (κ2) is 9.41. The van der Waals surface area contributed by atoms with E-state index in [1.54, 1.807) is 12.2 Å². The lowest BCUT2D eigenvalue weighted by molar-refractivity contribution is 0.103. The summed E-state index contributed by atoms with van der Waals surface area (Å²) in [5, 5.41) is 29.7. The maximum absolute atomic E-state index is 12.4. The fourth-order valence-electron chi connectivity index (χ4n) is 2.41. The molecule has 0 aliphatic carbocycles. The fraction of sp³-hybridized carbons (Fsp3) is 0.182. The van der Waals surface area contributed by atoms with Crippen LogP contribution >= 0.6 is 0 Å². The summed E-state index contributed by atoms with van der Waals surface area (Å²) in [6.07, 6.45) is 11.9. The van der Waals surface area contributed by atoms with Gasteiger partial charge in [0, 0.05) is 5.56 Å². The van der Waals surface area contributed by atoms with Crippen molar-refractivity contribution in [2.45, 2.75) is 20.3 Å². The van der Waals surface area contributed by atoms with Gasteiger partial charge in [-0.1, -0.05) is 62.8 Å². The Balaban J connectivity index is 2.32. The lowest BCUT2D eigenvalue weighted by Crippen LogP contribution is -2.24. The lowest BCUT2D eigenvalue weighted by atomic mass is 10.0. The molecule has 1 atom stereocenters. The van der Waals surface area contributed by atoms with Gasteiger partial charge in [-0.2, -0.15) is 4.73 Å². The third kappa shape index (κ3) is 5.01. The topological polar surface area (TPSA) is 99.8 Å². The molecule has 1 heterocycles. The molecular weight excluding hydrogens is 358 g/mol. The summed E-state index contributed by atoms with van der Waals surface area (Å²) in [7, 11) is 0. The van der Waals surface area contributed by atoms with Crippen LogP contribution in [0.3, 0.4) is 0 Å². The summed E-state index contributed by atoms with van der Waals surface area (Å²) in [6.45, 7) is 4.18. The Morgan fingerprint density at radius 1 is 1.11 bits per heavy atom. The molecule has 0 aliphatic rings. The molecule has 0 fully saturated rings. The van der Waals surface area contributed by atoms with Gasteiger partial charge < -0.3 is 15.4 Å². The first kappa shape index (κ1) is 20.8. The van der Waals surface area contributed by atoms with Crippen molar-refractivity contribution in [1.82, 2.24) is 4.73 Å². The Morgan fingerprint density at radius 3 is 2.39 bits per heavy atom. The molecule has 0 saturated heterocycles. The quantitative estimate of drug-likeness (QED) is 0.291. The third-order valence-electron chi connectivity index (χ3n) is 4.25. The van der Waals surface area contributed by atoms with Crippen molar-refractivity contribution in [2.75, 3.05) is 0 Å². The second-order valence-corrected chi connectivity index (χ2v) is 6.34. The first-order chi connectivity index (χ1) is 13.3. The SMILES string of the molecule is CCC(C)/C=C/C=C/C=C/C(=O)c1c(O)c(-c2ccc(O)cc2)cn(O)c1=O. The zero-order chi connectivity index (χ0) is 20.7. The molecular formula is C22H23NO5. The highest BCUT2D eigenvalue weighted by Crippen LogP contribution is 2.31. The summed E-state index contributed by atoms with van der Waals surface area (Å²) in [5.74, 6) is -0.787. The van der Waals surface area contributed by atoms with E-state index in [-0.39, 0.29) is 16.0 Å². The Labute approximate surface area is 163 Å². The number of pyridine rings is 1. The van der Waals surface area contributed by atoms with Gasteiger partial charge in [0.1, 0.15) is 17.1 Å². The van der Waals surface area contributed by atoms with E-state index < -0.39 is 22.7 Å². The Hall–Kier alpha value is -3.54. The molecule has 28 heavy (non-hydrogen) atoms. The minimum atomic E-state index is -1.02. The van der Waals surface area contributed by atoms with E-state index in [2.05, 4.69) is 13.8 Å². The number of rotatable bonds is 7. The largest absolute Gasteiger partial charge is 0.508 e.